The molecule has 3 aromatic heterocycles. The molecular formula is C41H48FN9O5. The largest absolute Gasteiger partial charge is 0.494 e. The number of aryl methyl sites for hydroxylation is 2. The minimum absolute atomic E-state index is 0.123. The number of halogens is 1. The van der Waals surface area contributed by atoms with Gasteiger partial charge in [-0.25, -0.2) is 14.2 Å². The van der Waals surface area contributed by atoms with Crippen molar-refractivity contribution in [2.75, 3.05) is 44.0 Å². The van der Waals surface area contributed by atoms with Crippen LogP contribution in [0.1, 0.15) is 79.6 Å². The molecule has 14 nitrogen and oxygen atoms in total. The van der Waals surface area contributed by atoms with Crippen LogP contribution in [0, 0.1) is 18.7 Å². The fourth-order valence-corrected chi connectivity index (χ4v) is 8.98. The van der Waals surface area contributed by atoms with Crippen LogP contribution in [0.15, 0.2) is 53.5 Å². The van der Waals surface area contributed by atoms with Crippen LogP contribution in [-0.2, 0) is 16.6 Å². The van der Waals surface area contributed by atoms with E-state index in [2.05, 4.69) is 43.2 Å². The first-order chi connectivity index (χ1) is 27.0. The molecule has 0 bridgehead atoms. The highest BCUT2D eigenvalue weighted by Crippen LogP contribution is 2.37. The van der Waals surface area contributed by atoms with E-state index in [0.29, 0.717) is 35.3 Å². The van der Waals surface area contributed by atoms with Crippen LogP contribution < -0.4 is 26.0 Å². The van der Waals surface area contributed by atoms with Crippen molar-refractivity contribution in [2.24, 2.45) is 13.0 Å². The molecule has 8 rings (SSSR count). The van der Waals surface area contributed by atoms with Crippen LogP contribution >= 0.6 is 0 Å². The first kappa shape index (κ1) is 37.4. The molecule has 0 radical (unpaired) electrons. The lowest BCUT2D eigenvalue weighted by Crippen LogP contribution is -2.45. The number of para-hydroxylation sites is 1. The molecule has 3 amide bonds. The van der Waals surface area contributed by atoms with E-state index in [0.717, 1.165) is 80.3 Å². The summed E-state index contributed by atoms with van der Waals surface area (Å²) in [5.41, 5.74) is 3.84. The van der Waals surface area contributed by atoms with Gasteiger partial charge < -0.3 is 19.9 Å². The Balaban J connectivity index is 0.867. The molecular weight excluding hydrogens is 718 g/mol. The molecule has 5 heterocycles. The third-order valence-electron chi connectivity index (χ3n) is 12.1. The summed E-state index contributed by atoms with van der Waals surface area (Å²) in [7, 11) is 5.55. The molecule has 15 heteroatoms. The monoisotopic (exact) mass is 765 g/mol. The fraction of sp³-hybridized carbons (Fsp3) is 0.463. The van der Waals surface area contributed by atoms with Crippen molar-refractivity contribution in [3.05, 3.63) is 76.4 Å². The van der Waals surface area contributed by atoms with E-state index in [1.165, 1.54) is 19.1 Å². The molecule has 2 saturated heterocycles. The van der Waals surface area contributed by atoms with Crippen molar-refractivity contribution >= 4 is 51.0 Å². The number of aromatic nitrogens is 5. The van der Waals surface area contributed by atoms with Gasteiger partial charge in [-0.15, -0.1) is 0 Å². The zero-order valence-corrected chi connectivity index (χ0v) is 32.3. The minimum Gasteiger partial charge on any atom is -0.494 e. The first-order valence-electron chi connectivity index (χ1n) is 19.5. The molecule has 56 heavy (non-hydrogen) atoms. The van der Waals surface area contributed by atoms with Gasteiger partial charge in [0.25, 0.3) is 5.91 Å². The molecule has 1 unspecified atom stereocenters. The summed E-state index contributed by atoms with van der Waals surface area (Å²) in [6, 6.07) is 12.2. The van der Waals surface area contributed by atoms with E-state index in [-0.39, 0.29) is 35.4 Å². The number of nitrogens with zero attached hydrogens (tertiary/aromatic N) is 7. The number of carbonyl (C=O) groups is 3. The maximum Gasteiger partial charge on any atom is 0.329 e. The molecule has 2 N–H and O–H groups in total. The summed E-state index contributed by atoms with van der Waals surface area (Å²) in [4.78, 5) is 59.8. The van der Waals surface area contributed by atoms with Gasteiger partial charge in [-0.3, -0.25) is 33.5 Å². The van der Waals surface area contributed by atoms with Crippen LogP contribution in [0.4, 0.5) is 15.8 Å². The Kier molecular flexibility index (Phi) is 10.1. The Bertz CT molecular complexity index is 2390. The van der Waals surface area contributed by atoms with Crippen LogP contribution in [0.2, 0.25) is 0 Å². The average Bonchev–Trinajstić information content (AvgIpc) is 3.73. The summed E-state index contributed by atoms with van der Waals surface area (Å²) in [5, 5.41) is 11.1. The molecule has 3 aliphatic rings. The predicted octanol–water partition coefficient (Wildman–Crippen LogP) is 5.10. The lowest BCUT2D eigenvalue weighted by Gasteiger charge is -2.40. The van der Waals surface area contributed by atoms with Gasteiger partial charge in [-0.1, -0.05) is 6.07 Å². The maximum atomic E-state index is 13.7. The second-order valence-electron chi connectivity index (χ2n) is 15.6. The summed E-state index contributed by atoms with van der Waals surface area (Å²) in [6.45, 7) is 4.29. The smallest absolute Gasteiger partial charge is 0.329 e. The fourth-order valence-electron chi connectivity index (χ4n) is 8.98. The Morgan fingerprint density at radius 3 is 2.52 bits per heavy atom. The Morgan fingerprint density at radius 2 is 1.80 bits per heavy atom. The maximum absolute atomic E-state index is 13.7. The highest BCUT2D eigenvalue weighted by atomic mass is 19.1. The number of hydrogen-bond donors (Lipinski definition) is 2. The van der Waals surface area contributed by atoms with Crippen molar-refractivity contribution in [2.45, 2.75) is 76.4 Å². The number of piperidine rings is 2. The zero-order valence-electron chi connectivity index (χ0n) is 32.3. The number of methoxy groups -OCH3 is 1. The topological polar surface area (TPSA) is 149 Å². The van der Waals surface area contributed by atoms with Crippen molar-refractivity contribution in [3.8, 4) is 5.75 Å². The molecule has 2 aromatic carbocycles. The van der Waals surface area contributed by atoms with E-state index >= 15 is 0 Å². The highest BCUT2D eigenvalue weighted by molar-refractivity contribution is 6.05. The van der Waals surface area contributed by atoms with Gasteiger partial charge in [-0.2, -0.15) is 5.10 Å². The summed E-state index contributed by atoms with van der Waals surface area (Å²) < 4.78 is 24.6. The summed E-state index contributed by atoms with van der Waals surface area (Å²) >= 11 is 0. The van der Waals surface area contributed by atoms with Gasteiger partial charge in [0.2, 0.25) is 11.8 Å². The van der Waals surface area contributed by atoms with E-state index < -0.39 is 23.7 Å². The zero-order chi connectivity index (χ0) is 39.2. The number of imide groups is 1. The number of amides is 3. The Morgan fingerprint density at radius 1 is 1.04 bits per heavy atom. The number of rotatable bonds is 9. The van der Waals surface area contributed by atoms with E-state index in [9.17, 15) is 23.6 Å². The van der Waals surface area contributed by atoms with Crippen LogP contribution in [0.25, 0.3) is 21.9 Å². The van der Waals surface area contributed by atoms with Crippen molar-refractivity contribution in [3.63, 3.8) is 0 Å². The molecule has 1 atom stereocenters. The number of fused-ring (bicyclic) bond motifs is 2. The van der Waals surface area contributed by atoms with Gasteiger partial charge in [0.15, 0.2) is 0 Å². The molecule has 1 aliphatic carbocycles. The van der Waals surface area contributed by atoms with Crippen molar-refractivity contribution in [1.29, 1.82) is 0 Å². The van der Waals surface area contributed by atoms with Gasteiger partial charge in [-0.05, 0) is 95.2 Å². The van der Waals surface area contributed by atoms with E-state index in [4.69, 9.17) is 9.84 Å². The number of ether oxygens (including phenoxy) is 1. The number of pyridine rings is 1. The second-order valence-corrected chi connectivity index (χ2v) is 15.6. The van der Waals surface area contributed by atoms with Crippen LogP contribution in [0.5, 0.6) is 5.75 Å². The Labute approximate surface area is 323 Å². The van der Waals surface area contributed by atoms with Gasteiger partial charge in [0.05, 0.1) is 46.8 Å². The quantitative estimate of drug-likeness (QED) is 0.196. The summed E-state index contributed by atoms with van der Waals surface area (Å²) in [5.74, 6) is -0.553. The lowest BCUT2D eigenvalue weighted by molar-refractivity contribution is -0.135. The normalized spacial score (nSPS) is 20.9. The summed E-state index contributed by atoms with van der Waals surface area (Å²) in [6.07, 6.45) is 8.86. The number of imidazole rings is 1. The van der Waals surface area contributed by atoms with Gasteiger partial charge in [0, 0.05) is 56.8 Å². The minimum atomic E-state index is -0.704. The standard InChI is InChI=1S/C41H48FN9O5/c1-24-29(42)12-13-30(43-24)39(53)44-32-20-26-23-50(46-31(26)21-36(32)56-4)28-10-8-25(9-11-28)22-47(2)27-16-18-49(19-17-27)33-6-5-7-34-38(33)48(3)41(55)51(34)35-14-15-37(52)45-40(35)54/h5-7,12-13,20-21,23,25,27-28,35H,8-11,14-19,22H2,1-4H3,(H,44,53)(H,45,52,54). The molecule has 2 aliphatic heterocycles. The number of hydrogen-bond acceptors (Lipinski definition) is 9. The number of anilines is 2. The third-order valence-corrected chi connectivity index (χ3v) is 12.1. The van der Waals surface area contributed by atoms with E-state index in [1.54, 1.807) is 23.3 Å². The molecule has 3 fully saturated rings. The van der Waals surface area contributed by atoms with Crippen LogP contribution in [0.3, 0.4) is 0 Å². The second kappa shape index (κ2) is 15.2. The van der Waals surface area contributed by atoms with Crippen LogP contribution in [-0.4, -0.2) is 86.4 Å². The molecule has 5 aromatic rings. The molecule has 294 valence electrons. The van der Waals surface area contributed by atoms with E-state index in [1.807, 2.05) is 30.5 Å². The average molecular weight is 766 g/mol. The van der Waals surface area contributed by atoms with Crippen molar-refractivity contribution < 1.29 is 23.5 Å². The SMILES string of the molecule is COc1cc2nn(C3CCC(CN(C)C4CCN(c5cccc6c5n(C)c(=O)n6C5CCC(=O)NC5=O)CC4)CC3)cc2cc1NC(=O)c1ccc(F)c(C)n1. The highest BCUT2D eigenvalue weighted by Gasteiger charge is 2.33. The van der Waals surface area contributed by atoms with Gasteiger partial charge >= 0.3 is 5.69 Å². The predicted molar refractivity (Wildman–Crippen MR) is 211 cm³/mol. The van der Waals surface area contributed by atoms with Crippen molar-refractivity contribution in [1.82, 2.24) is 34.1 Å². The van der Waals surface area contributed by atoms with Gasteiger partial charge in [0.1, 0.15) is 23.3 Å². The first-order valence-corrected chi connectivity index (χ1v) is 19.5. The molecule has 0 spiro atoms. The molecule has 1 saturated carbocycles. The number of benzene rings is 2. The lowest BCUT2D eigenvalue weighted by atomic mass is 9.85. The Hall–Kier alpha value is -5.57. The number of carbonyl (C=O) groups excluding carboxylic acids is 3. The number of nitrogens with one attached hydrogen (secondary N) is 2. The third kappa shape index (κ3) is 7.04.